The van der Waals surface area contributed by atoms with Crippen molar-refractivity contribution in [3.05, 3.63) is 93.6 Å². The first-order chi connectivity index (χ1) is 17.5. The Balaban J connectivity index is 1.69. The van der Waals surface area contributed by atoms with Crippen molar-refractivity contribution in [2.75, 3.05) is 0 Å². The normalized spacial score (nSPS) is 15.6. The number of amides is 1. The van der Waals surface area contributed by atoms with Gasteiger partial charge in [0.25, 0.3) is 5.56 Å². The molecule has 0 radical (unpaired) electrons. The molecule has 7 heteroatoms. The van der Waals surface area contributed by atoms with Gasteiger partial charge in [0.15, 0.2) is 0 Å². The van der Waals surface area contributed by atoms with E-state index in [1.165, 1.54) is 5.01 Å². The molecular weight excluding hydrogens is 474 g/mol. The van der Waals surface area contributed by atoms with Crippen LogP contribution in [0.3, 0.4) is 0 Å². The average molecular weight is 502 g/mol. The highest BCUT2D eigenvalue weighted by Gasteiger charge is 2.37. The molecule has 0 bridgehead atoms. The summed E-state index contributed by atoms with van der Waals surface area (Å²) in [5, 5.41) is 7.69. The fourth-order valence-electron chi connectivity index (χ4n) is 4.96. The van der Waals surface area contributed by atoms with Crippen molar-refractivity contribution in [1.82, 2.24) is 9.99 Å². The minimum absolute atomic E-state index is 0.0679. The van der Waals surface area contributed by atoms with Crippen molar-refractivity contribution >= 4 is 34.1 Å². The number of hydrazone groups is 1. The van der Waals surface area contributed by atoms with Gasteiger partial charge in [-0.3, -0.25) is 9.59 Å². The SMILES string of the molecule is CCC(CC)CC(=O)N1N=C(c2c(-c3ccccc3)c3cc(Cl)ccc3[nH]c2=O)CC1c1ccco1. The number of halogens is 1. The zero-order chi connectivity index (χ0) is 25.2. The van der Waals surface area contributed by atoms with Gasteiger partial charge in [0.1, 0.15) is 11.8 Å². The van der Waals surface area contributed by atoms with Gasteiger partial charge in [0.2, 0.25) is 5.91 Å². The summed E-state index contributed by atoms with van der Waals surface area (Å²) in [6.07, 6.45) is 4.20. The zero-order valence-electron chi connectivity index (χ0n) is 20.3. The van der Waals surface area contributed by atoms with Crippen LogP contribution in [0, 0.1) is 5.92 Å². The molecule has 0 fully saturated rings. The van der Waals surface area contributed by atoms with E-state index in [9.17, 15) is 9.59 Å². The number of H-pyrrole nitrogens is 1. The summed E-state index contributed by atoms with van der Waals surface area (Å²) in [5.41, 5.74) is 3.07. The molecule has 2 aromatic heterocycles. The molecule has 36 heavy (non-hydrogen) atoms. The first-order valence-electron chi connectivity index (χ1n) is 12.3. The summed E-state index contributed by atoms with van der Waals surface area (Å²) in [5.74, 6) is 0.856. The van der Waals surface area contributed by atoms with Gasteiger partial charge in [-0.1, -0.05) is 68.6 Å². The summed E-state index contributed by atoms with van der Waals surface area (Å²) in [6.45, 7) is 4.19. The van der Waals surface area contributed by atoms with E-state index in [1.807, 2.05) is 48.5 Å². The summed E-state index contributed by atoms with van der Waals surface area (Å²) in [4.78, 5) is 30.0. The number of furan rings is 1. The Bertz CT molecular complexity index is 1470. The molecule has 5 rings (SSSR count). The van der Waals surface area contributed by atoms with E-state index in [0.29, 0.717) is 40.4 Å². The largest absolute Gasteiger partial charge is 0.467 e. The van der Waals surface area contributed by atoms with Gasteiger partial charge >= 0.3 is 0 Å². The van der Waals surface area contributed by atoms with E-state index in [-0.39, 0.29) is 17.4 Å². The second kappa shape index (κ2) is 10.2. The van der Waals surface area contributed by atoms with Crippen LogP contribution in [-0.2, 0) is 4.79 Å². The zero-order valence-corrected chi connectivity index (χ0v) is 21.1. The van der Waals surface area contributed by atoms with E-state index in [2.05, 4.69) is 18.8 Å². The predicted molar refractivity (Wildman–Crippen MR) is 143 cm³/mol. The Morgan fingerprint density at radius 3 is 2.58 bits per heavy atom. The smallest absolute Gasteiger partial charge is 0.258 e. The number of pyridine rings is 1. The molecule has 0 aliphatic carbocycles. The van der Waals surface area contributed by atoms with E-state index in [0.717, 1.165) is 29.4 Å². The summed E-state index contributed by atoms with van der Waals surface area (Å²) < 4.78 is 5.70. The molecule has 0 spiro atoms. The molecule has 1 unspecified atom stereocenters. The maximum Gasteiger partial charge on any atom is 0.258 e. The van der Waals surface area contributed by atoms with Crippen LogP contribution < -0.4 is 5.56 Å². The summed E-state index contributed by atoms with van der Waals surface area (Å²) in [6, 6.07) is 18.4. The topological polar surface area (TPSA) is 78.7 Å². The number of aromatic amines is 1. The molecule has 4 aromatic rings. The molecule has 0 saturated carbocycles. The number of hydrogen-bond donors (Lipinski definition) is 1. The van der Waals surface area contributed by atoms with Gasteiger partial charge in [0.05, 0.1) is 17.5 Å². The average Bonchev–Trinajstić information content (AvgIpc) is 3.57. The molecule has 1 atom stereocenters. The Hall–Kier alpha value is -3.64. The van der Waals surface area contributed by atoms with E-state index >= 15 is 0 Å². The first kappa shape index (κ1) is 24.1. The lowest BCUT2D eigenvalue weighted by Crippen LogP contribution is -2.28. The van der Waals surface area contributed by atoms with Crippen LogP contribution in [0.2, 0.25) is 5.02 Å². The Kier molecular flexibility index (Phi) is 6.79. The van der Waals surface area contributed by atoms with E-state index in [4.69, 9.17) is 21.1 Å². The van der Waals surface area contributed by atoms with Crippen molar-refractivity contribution in [2.45, 2.75) is 45.6 Å². The van der Waals surface area contributed by atoms with Gasteiger partial charge in [0, 0.05) is 34.3 Å². The van der Waals surface area contributed by atoms with Crippen LogP contribution in [0.25, 0.3) is 22.0 Å². The maximum atomic E-state index is 13.5. The summed E-state index contributed by atoms with van der Waals surface area (Å²) in [7, 11) is 0. The maximum absolute atomic E-state index is 13.5. The van der Waals surface area contributed by atoms with Crippen LogP contribution in [0.4, 0.5) is 0 Å². The third kappa shape index (κ3) is 4.49. The number of carbonyl (C=O) groups is 1. The van der Waals surface area contributed by atoms with Crippen molar-refractivity contribution in [3.8, 4) is 11.1 Å². The highest BCUT2D eigenvalue weighted by atomic mass is 35.5. The van der Waals surface area contributed by atoms with Gasteiger partial charge < -0.3 is 9.40 Å². The number of benzene rings is 2. The molecular formula is C29H28ClN3O3. The molecule has 6 nitrogen and oxygen atoms in total. The van der Waals surface area contributed by atoms with Crippen LogP contribution in [0.15, 0.2) is 81.2 Å². The standard InChI is InChI=1S/C29H28ClN3O3/c1-3-18(4-2)15-26(34)33-24(25-11-8-14-36-25)17-23(32-33)28-27(19-9-6-5-7-10-19)21-16-20(30)12-13-22(21)31-29(28)35/h5-14,16,18,24H,3-4,15,17H2,1-2H3,(H,31,35). The minimum Gasteiger partial charge on any atom is -0.467 e. The molecule has 0 saturated heterocycles. The van der Waals surface area contributed by atoms with Crippen molar-refractivity contribution in [1.29, 1.82) is 0 Å². The van der Waals surface area contributed by atoms with Gasteiger partial charge in [-0.2, -0.15) is 5.10 Å². The molecule has 184 valence electrons. The van der Waals surface area contributed by atoms with Crippen molar-refractivity contribution < 1.29 is 9.21 Å². The van der Waals surface area contributed by atoms with Crippen LogP contribution in [0.5, 0.6) is 0 Å². The Labute approximate surface area is 214 Å². The molecule has 1 N–H and O–H groups in total. The highest BCUT2D eigenvalue weighted by Crippen LogP contribution is 2.38. The van der Waals surface area contributed by atoms with Crippen LogP contribution in [0.1, 0.15) is 56.9 Å². The molecule has 1 aliphatic rings. The second-order valence-corrected chi connectivity index (χ2v) is 9.60. The third-order valence-corrected chi connectivity index (χ3v) is 7.22. The van der Waals surface area contributed by atoms with E-state index in [1.54, 1.807) is 18.4 Å². The molecule has 1 aliphatic heterocycles. The number of fused-ring (bicyclic) bond motifs is 1. The van der Waals surface area contributed by atoms with Gasteiger partial charge in [-0.05, 0) is 41.8 Å². The van der Waals surface area contributed by atoms with Crippen molar-refractivity contribution in [3.63, 3.8) is 0 Å². The second-order valence-electron chi connectivity index (χ2n) is 9.17. The lowest BCUT2D eigenvalue weighted by atomic mass is 9.92. The van der Waals surface area contributed by atoms with Crippen LogP contribution >= 0.6 is 11.6 Å². The van der Waals surface area contributed by atoms with Crippen molar-refractivity contribution in [2.24, 2.45) is 11.0 Å². The molecule has 1 amide bonds. The van der Waals surface area contributed by atoms with Crippen LogP contribution in [-0.4, -0.2) is 21.6 Å². The van der Waals surface area contributed by atoms with Gasteiger partial charge in [-0.25, -0.2) is 5.01 Å². The first-order valence-corrected chi connectivity index (χ1v) is 12.7. The summed E-state index contributed by atoms with van der Waals surface area (Å²) >= 11 is 6.37. The quantitative estimate of drug-likeness (QED) is 0.297. The monoisotopic (exact) mass is 501 g/mol. The number of rotatable bonds is 7. The fraction of sp³-hybridized carbons (Fsp3) is 0.276. The number of nitrogens with one attached hydrogen (secondary N) is 1. The number of aromatic nitrogens is 1. The van der Waals surface area contributed by atoms with Gasteiger partial charge in [-0.15, -0.1) is 0 Å². The minimum atomic E-state index is -0.407. The lowest BCUT2D eigenvalue weighted by molar-refractivity contribution is -0.134. The number of nitrogens with zero attached hydrogens (tertiary/aromatic N) is 2. The highest BCUT2D eigenvalue weighted by molar-refractivity contribution is 6.31. The third-order valence-electron chi connectivity index (χ3n) is 6.98. The van der Waals surface area contributed by atoms with E-state index < -0.39 is 6.04 Å². The molecule has 2 aromatic carbocycles. The Morgan fingerprint density at radius 1 is 1.11 bits per heavy atom. The molecule has 3 heterocycles. The lowest BCUT2D eigenvalue weighted by Gasteiger charge is -2.22. The number of hydrogen-bond acceptors (Lipinski definition) is 4. The Morgan fingerprint density at radius 2 is 1.89 bits per heavy atom. The number of carbonyl (C=O) groups excluding carboxylic acids is 1. The predicted octanol–water partition coefficient (Wildman–Crippen LogP) is 6.95. The fourth-order valence-corrected chi connectivity index (χ4v) is 5.13.